The summed E-state index contributed by atoms with van der Waals surface area (Å²) in [5, 5.41) is 4.67. The van der Waals surface area contributed by atoms with Crippen molar-refractivity contribution in [3.05, 3.63) is 34.8 Å². The third-order valence-electron chi connectivity index (χ3n) is 4.63. The molecule has 1 aliphatic rings. The van der Waals surface area contributed by atoms with E-state index < -0.39 is 0 Å². The van der Waals surface area contributed by atoms with E-state index in [1.807, 2.05) is 25.8 Å². The van der Waals surface area contributed by atoms with Crippen molar-refractivity contribution >= 4 is 17.3 Å². The number of aliphatic imine (C=N–C) groups is 1. The number of guanidine groups is 1. The highest BCUT2D eigenvalue weighted by atomic mass is 32.1. The van der Waals surface area contributed by atoms with Crippen LogP contribution in [-0.4, -0.2) is 52.1 Å². The van der Waals surface area contributed by atoms with E-state index >= 15 is 0 Å². The van der Waals surface area contributed by atoms with Crippen molar-refractivity contribution in [2.45, 2.75) is 32.7 Å². The molecule has 7 heteroatoms. The predicted octanol–water partition coefficient (Wildman–Crippen LogP) is 2.35. The first-order chi connectivity index (χ1) is 11.7. The zero-order valence-corrected chi connectivity index (χ0v) is 15.5. The Balaban J connectivity index is 1.57. The summed E-state index contributed by atoms with van der Waals surface area (Å²) >= 11 is 1.77. The number of rotatable bonds is 4. The largest absolute Gasteiger partial charge is 0.356 e. The van der Waals surface area contributed by atoms with Crippen LogP contribution in [0.1, 0.15) is 29.3 Å². The third kappa shape index (κ3) is 3.95. The van der Waals surface area contributed by atoms with Gasteiger partial charge >= 0.3 is 0 Å². The Bertz CT molecular complexity index is 662. The van der Waals surface area contributed by atoms with Crippen molar-refractivity contribution in [3.63, 3.8) is 0 Å². The van der Waals surface area contributed by atoms with E-state index in [4.69, 9.17) is 0 Å². The quantitative estimate of drug-likeness (QED) is 0.682. The normalized spacial score (nSPS) is 22.0. The van der Waals surface area contributed by atoms with Crippen LogP contribution in [0.3, 0.4) is 0 Å². The van der Waals surface area contributed by atoms with Gasteiger partial charge in [0.25, 0.3) is 0 Å². The van der Waals surface area contributed by atoms with Gasteiger partial charge in [-0.1, -0.05) is 6.92 Å². The maximum Gasteiger partial charge on any atom is 0.193 e. The highest BCUT2D eigenvalue weighted by Gasteiger charge is 2.28. The lowest BCUT2D eigenvalue weighted by atomic mass is 9.93. The molecule has 3 rings (SSSR count). The summed E-state index contributed by atoms with van der Waals surface area (Å²) in [6, 6.07) is 0.446. The molecule has 24 heavy (non-hydrogen) atoms. The van der Waals surface area contributed by atoms with Gasteiger partial charge in [-0.25, -0.2) is 9.97 Å². The Morgan fingerprint density at radius 2 is 2.38 bits per heavy atom. The molecule has 2 aromatic heterocycles. The summed E-state index contributed by atoms with van der Waals surface area (Å²) in [5.41, 5.74) is 0. The summed E-state index contributed by atoms with van der Waals surface area (Å²) in [6.45, 7) is 7.29. The average Bonchev–Trinajstić information content (AvgIpc) is 3.24. The first-order valence-corrected chi connectivity index (χ1v) is 9.33. The topological polar surface area (TPSA) is 58.3 Å². The molecule has 2 atom stereocenters. The first kappa shape index (κ1) is 17.0. The van der Waals surface area contributed by atoms with Gasteiger partial charge in [0.1, 0.15) is 0 Å². The molecule has 6 nitrogen and oxygen atoms in total. The number of hydrogen-bond acceptors (Lipinski definition) is 4. The van der Waals surface area contributed by atoms with E-state index in [0.29, 0.717) is 12.0 Å². The fourth-order valence-corrected chi connectivity index (χ4v) is 4.01. The van der Waals surface area contributed by atoms with Gasteiger partial charge in [-0.3, -0.25) is 4.99 Å². The van der Waals surface area contributed by atoms with E-state index in [0.717, 1.165) is 38.4 Å². The van der Waals surface area contributed by atoms with Gasteiger partial charge in [0.2, 0.25) is 0 Å². The van der Waals surface area contributed by atoms with Crippen molar-refractivity contribution in [1.29, 1.82) is 0 Å². The van der Waals surface area contributed by atoms with Crippen molar-refractivity contribution in [3.8, 4) is 0 Å². The second kappa shape index (κ2) is 7.79. The molecule has 0 radical (unpaired) electrons. The predicted molar refractivity (Wildman–Crippen MR) is 98.5 cm³/mol. The SMILES string of the molecule is CN=C(NCCc1ncc(C)s1)N1CCC(C)C(n2ccnc2)C1. The molecule has 0 saturated carbocycles. The van der Waals surface area contributed by atoms with E-state index in [2.05, 4.69) is 49.8 Å². The Hall–Kier alpha value is -1.89. The second-order valence-corrected chi connectivity index (χ2v) is 7.70. The highest BCUT2D eigenvalue weighted by molar-refractivity contribution is 7.11. The average molecular weight is 347 g/mol. The van der Waals surface area contributed by atoms with Crippen molar-refractivity contribution in [2.75, 3.05) is 26.7 Å². The van der Waals surface area contributed by atoms with Crippen molar-refractivity contribution in [2.24, 2.45) is 10.9 Å². The number of hydrogen-bond donors (Lipinski definition) is 1. The van der Waals surface area contributed by atoms with E-state index in [1.165, 1.54) is 9.88 Å². The molecule has 1 aliphatic heterocycles. The molecular weight excluding hydrogens is 320 g/mol. The van der Waals surface area contributed by atoms with Crippen LogP contribution in [0.2, 0.25) is 0 Å². The summed E-state index contributed by atoms with van der Waals surface area (Å²) < 4.78 is 2.22. The number of likely N-dealkylation sites (tertiary alicyclic amines) is 1. The Morgan fingerprint density at radius 1 is 1.50 bits per heavy atom. The number of piperidine rings is 1. The molecule has 0 amide bonds. The number of imidazole rings is 1. The Kier molecular flexibility index (Phi) is 5.50. The van der Waals surface area contributed by atoms with E-state index in [9.17, 15) is 0 Å². The second-order valence-electron chi connectivity index (χ2n) is 6.38. The zero-order valence-electron chi connectivity index (χ0n) is 14.6. The number of thiazole rings is 1. The lowest BCUT2D eigenvalue weighted by Gasteiger charge is -2.39. The monoisotopic (exact) mass is 346 g/mol. The molecule has 2 aromatic rings. The first-order valence-electron chi connectivity index (χ1n) is 8.51. The zero-order chi connectivity index (χ0) is 16.9. The van der Waals surface area contributed by atoms with Crippen LogP contribution in [0.4, 0.5) is 0 Å². The minimum Gasteiger partial charge on any atom is -0.356 e. The van der Waals surface area contributed by atoms with Gasteiger partial charge in [0, 0.05) is 56.6 Å². The molecule has 1 fully saturated rings. The number of nitrogens with one attached hydrogen (secondary N) is 1. The van der Waals surface area contributed by atoms with Crippen LogP contribution in [-0.2, 0) is 6.42 Å². The lowest BCUT2D eigenvalue weighted by molar-refractivity contribution is 0.189. The maximum absolute atomic E-state index is 4.48. The molecule has 0 bridgehead atoms. The minimum absolute atomic E-state index is 0.446. The molecule has 1 saturated heterocycles. The molecule has 1 N–H and O–H groups in total. The summed E-state index contributed by atoms with van der Waals surface area (Å²) in [7, 11) is 1.86. The van der Waals surface area contributed by atoms with Crippen molar-refractivity contribution in [1.82, 2.24) is 24.8 Å². The Morgan fingerprint density at radius 3 is 3.04 bits per heavy atom. The summed E-state index contributed by atoms with van der Waals surface area (Å²) in [4.78, 5) is 16.7. The molecule has 3 heterocycles. The fourth-order valence-electron chi connectivity index (χ4n) is 3.23. The lowest BCUT2D eigenvalue weighted by Crippen LogP contribution is -2.49. The van der Waals surface area contributed by atoms with Gasteiger partial charge in [0.15, 0.2) is 5.96 Å². The highest BCUT2D eigenvalue weighted by Crippen LogP contribution is 2.27. The summed E-state index contributed by atoms with van der Waals surface area (Å²) in [6.07, 6.45) is 9.88. The van der Waals surface area contributed by atoms with Crippen LogP contribution in [0.5, 0.6) is 0 Å². The molecule has 0 aromatic carbocycles. The molecular formula is C17H26N6S. The number of aromatic nitrogens is 3. The number of nitrogens with zero attached hydrogens (tertiary/aromatic N) is 5. The standard InChI is InChI=1S/C17H26N6S/c1-13-5-8-22(11-15(13)23-9-7-19-12-23)17(18-3)20-6-4-16-21-10-14(2)24-16/h7,9-10,12-13,15H,4-6,8,11H2,1-3H3,(H,18,20). The van der Waals surface area contributed by atoms with Gasteiger partial charge in [-0.15, -0.1) is 11.3 Å². The van der Waals surface area contributed by atoms with Crippen LogP contribution in [0, 0.1) is 12.8 Å². The molecule has 0 spiro atoms. The van der Waals surface area contributed by atoms with Crippen LogP contribution in [0.15, 0.2) is 29.9 Å². The van der Waals surface area contributed by atoms with Gasteiger partial charge < -0.3 is 14.8 Å². The smallest absolute Gasteiger partial charge is 0.193 e. The van der Waals surface area contributed by atoms with Crippen LogP contribution >= 0.6 is 11.3 Å². The minimum atomic E-state index is 0.446. The van der Waals surface area contributed by atoms with Crippen molar-refractivity contribution < 1.29 is 0 Å². The van der Waals surface area contributed by atoms with Crippen LogP contribution < -0.4 is 5.32 Å². The molecule has 0 aliphatic carbocycles. The third-order valence-corrected chi connectivity index (χ3v) is 5.60. The van der Waals surface area contributed by atoms with E-state index in [1.54, 1.807) is 11.3 Å². The fraction of sp³-hybridized carbons (Fsp3) is 0.588. The Labute approximate surface area is 147 Å². The molecule has 2 unspecified atom stereocenters. The molecule has 130 valence electrons. The maximum atomic E-state index is 4.48. The van der Waals surface area contributed by atoms with Gasteiger partial charge in [-0.05, 0) is 19.3 Å². The van der Waals surface area contributed by atoms with Crippen LogP contribution in [0.25, 0.3) is 0 Å². The van der Waals surface area contributed by atoms with E-state index in [-0.39, 0.29) is 0 Å². The van der Waals surface area contributed by atoms with Gasteiger partial charge in [0.05, 0.1) is 17.4 Å². The van der Waals surface area contributed by atoms with Gasteiger partial charge in [-0.2, -0.15) is 0 Å². The number of aryl methyl sites for hydroxylation is 1. The summed E-state index contributed by atoms with van der Waals surface area (Å²) in [5.74, 6) is 1.63.